The van der Waals surface area contributed by atoms with E-state index in [0.717, 1.165) is 25.2 Å². The molecule has 0 fully saturated rings. The zero-order valence-electron chi connectivity index (χ0n) is 9.29. The van der Waals surface area contributed by atoms with Gasteiger partial charge >= 0.3 is 0 Å². The van der Waals surface area contributed by atoms with Crippen LogP contribution >= 0.6 is 23.2 Å². The zero-order valence-corrected chi connectivity index (χ0v) is 10.8. The summed E-state index contributed by atoms with van der Waals surface area (Å²) in [6.07, 6.45) is 0.756. The van der Waals surface area contributed by atoms with Crippen LogP contribution < -0.4 is 0 Å². The second kappa shape index (κ2) is 7.07. The molecule has 1 N–H and O–H groups in total. The molecule has 0 atom stereocenters. The van der Waals surface area contributed by atoms with E-state index in [2.05, 4.69) is 16.8 Å². The molecule has 0 unspecified atom stereocenters. The summed E-state index contributed by atoms with van der Waals surface area (Å²) in [5, 5.41) is 9.87. The molecule has 1 rings (SSSR count). The van der Waals surface area contributed by atoms with Crippen molar-refractivity contribution in [3.8, 4) is 0 Å². The van der Waals surface area contributed by atoms with Crippen LogP contribution in [0.3, 0.4) is 0 Å². The summed E-state index contributed by atoms with van der Waals surface area (Å²) < 4.78 is 0. The van der Waals surface area contributed by atoms with Crippen LogP contribution in [-0.2, 0) is 6.54 Å². The molecule has 1 heterocycles. The molecular formula is C11H16Cl2N2O. The van der Waals surface area contributed by atoms with Gasteiger partial charge < -0.3 is 5.11 Å². The zero-order chi connectivity index (χ0) is 12.0. The fraction of sp³-hybridized carbons (Fsp3) is 0.545. The van der Waals surface area contributed by atoms with Gasteiger partial charge in [0.25, 0.3) is 0 Å². The molecule has 0 saturated carbocycles. The summed E-state index contributed by atoms with van der Waals surface area (Å²) in [5.74, 6) is 0. The Balaban J connectivity index is 2.65. The summed E-state index contributed by atoms with van der Waals surface area (Å²) in [7, 11) is 0. The second-order valence-electron chi connectivity index (χ2n) is 3.51. The number of nitrogens with zero attached hydrogens (tertiary/aromatic N) is 2. The van der Waals surface area contributed by atoms with Crippen LogP contribution in [0.4, 0.5) is 0 Å². The minimum absolute atomic E-state index is 0.202. The standard InChI is InChI=1S/C11H16Cl2N2O/c1-2-15(6-3-7-16)8-10-9(12)4-5-11(13)14-10/h4-5,16H,2-3,6-8H2,1H3. The van der Waals surface area contributed by atoms with Gasteiger partial charge in [-0.1, -0.05) is 30.1 Å². The maximum atomic E-state index is 8.79. The van der Waals surface area contributed by atoms with Gasteiger partial charge in [0, 0.05) is 19.7 Å². The quantitative estimate of drug-likeness (QED) is 0.801. The van der Waals surface area contributed by atoms with Crippen LogP contribution in [0, 0.1) is 0 Å². The summed E-state index contributed by atoms with van der Waals surface area (Å²) in [5.41, 5.74) is 0.786. The molecule has 16 heavy (non-hydrogen) atoms. The number of aliphatic hydroxyl groups excluding tert-OH is 1. The van der Waals surface area contributed by atoms with Crippen molar-refractivity contribution < 1.29 is 5.11 Å². The fourth-order valence-corrected chi connectivity index (χ4v) is 1.75. The van der Waals surface area contributed by atoms with Gasteiger partial charge in [-0.2, -0.15) is 0 Å². The summed E-state index contributed by atoms with van der Waals surface area (Å²) >= 11 is 11.9. The van der Waals surface area contributed by atoms with Gasteiger partial charge in [-0.25, -0.2) is 4.98 Å². The van der Waals surface area contributed by atoms with Crippen molar-refractivity contribution in [1.82, 2.24) is 9.88 Å². The van der Waals surface area contributed by atoms with Gasteiger partial charge in [-0.3, -0.25) is 4.90 Å². The molecule has 1 aromatic heterocycles. The van der Waals surface area contributed by atoms with Crippen molar-refractivity contribution in [2.24, 2.45) is 0 Å². The molecule has 0 radical (unpaired) electrons. The van der Waals surface area contributed by atoms with Gasteiger partial charge in [0.2, 0.25) is 0 Å². The lowest BCUT2D eigenvalue weighted by molar-refractivity contribution is 0.224. The lowest BCUT2D eigenvalue weighted by Gasteiger charge is -2.19. The monoisotopic (exact) mass is 262 g/mol. The van der Waals surface area contributed by atoms with Crippen molar-refractivity contribution in [2.75, 3.05) is 19.7 Å². The highest BCUT2D eigenvalue weighted by Crippen LogP contribution is 2.18. The van der Waals surface area contributed by atoms with Gasteiger partial charge in [0.05, 0.1) is 10.7 Å². The number of aromatic nitrogens is 1. The molecule has 1 aromatic rings. The van der Waals surface area contributed by atoms with E-state index in [4.69, 9.17) is 28.3 Å². The molecule has 0 saturated heterocycles. The van der Waals surface area contributed by atoms with Crippen molar-refractivity contribution in [2.45, 2.75) is 19.9 Å². The van der Waals surface area contributed by atoms with E-state index in [0.29, 0.717) is 16.7 Å². The summed E-state index contributed by atoms with van der Waals surface area (Å²) in [6, 6.07) is 3.43. The van der Waals surface area contributed by atoms with E-state index in [1.165, 1.54) is 0 Å². The Morgan fingerprint density at radius 3 is 2.75 bits per heavy atom. The van der Waals surface area contributed by atoms with Crippen molar-refractivity contribution in [3.05, 3.63) is 28.0 Å². The van der Waals surface area contributed by atoms with E-state index in [-0.39, 0.29) is 6.61 Å². The van der Waals surface area contributed by atoms with Gasteiger partial charge in [0.15, 0.2) is 0 Å². The molecule has 0 aliphatic heterocycles. The lowest BCUT2D eigenvalue weighted by atomic mass is 10.3. The number of rotatable bonds is 6. The molecule has 0 bridgehead atoms. The second-order valence-corrected chi connectivity index (χ2v) is 4.30. The van der Waals surface area contributed by atoms with Crippen LogP contribution in [0.1, 0.15) is 19.0 Å². The predicted octanol–water partition coefficient (Wildman–Crippen LogP) is 2.59. The molecule has 0 aromatic carbocycles. The van der Waals surface area contributed by atoms with Gasteiger partial charge in [-0.15, -0.1) is 0 Å². The number of hydrogen-bond donors (Lipinski definition) is 1. The van der Waals surface area contributed by atoms with Crippen LogP contribution in [-0.4, -0.2) is 34.7 Å². The summed E-state index contributed by atoms with van der Waals surface area (Å²) in [4.78, 5) is 6.37. The first-order chi connectivity index (χ1) is 7.67. The van der Waals surface area contributed by atoms with Crippen molar-refractivity contribution in [1.29, 1.82) is 0 Å². The number of aliphatic hydroxyl groups is 1. The van der Waals surface area contributed by atoms with E-state index in [9.17, 15) is 0 Å². The molecule has 3 nitrogen and oxygen atoms in total. The first kappa shape index (κ1) is 13.7. The Morgan fingerprint density at radius 2 is 2.12 bits per heavy atom. The largest absolute Gasteiger partial charge is 0.396 e. The van der Waals surface area contributed by atoms with Crippen LogP contribution in [0.15, 0.2) is 12.1 Å². The normalized spacial score (nSPS) is 11.1. The van der Waals surface area contributed by atoms with E-state index >= 15 is 0 Å². The number of pyridine rings is 1. The highest BCUT2D eigenvalue weighted by Gasteiger charge is 2.08. The van der Waals surface area contributed by atoms with Crippen LogP contribution in [0.5, 0.6) is 0 Å². The van der Waals surface area contributed by atoms with E-state index in [1.807, 2.05) is 0 Å². The smallest absolute Gasteiger partial charge is 0.129 e. The highest BCUT2D eigenvalue weighted by atomic mass is 35.5. The average molecular weight is 263 g/mol. The Hall–Kier alpha value is -0.350. The minimum Gasteiger partial charge on any atom is -0.396 e. The topological polar surface area (TPSA) is 36.4 Å². The van der Waals surface area contributed by atoms with Crippen LogP contribution in [0.2, 0.25) is 10.2 Å². The Labute approximate surface area is 106 Å². The maximum absolute atomic E-state index is 8.79. The van der Waals surface area contributed by atoms with Gasteiger partial charge in [-0.05, 0) is 25.1 Å². The third kappa shape index (κ3) is 4.26. The Kier molecular flexibility index (Phi) is 6.06. The Morgan fingerprint density at radius 1 is 1.38 bits per heavy atom. The molecule has 0 aliphatic carbocycles. The van der Waals surface area contributed by atoms with E-state index < -0.39 is 0 Å². The number of halogens is 2. The molecule has 0 spiro atoms. The predicted molar refractivity (Wildman–Crippen MR) is 66.9 cm³/mol. The first-order valence-corrected chi connectivity index (χ1v) is 6.07. The molecular weight excluding hydrogens is 247 g/mol. The Bertz CT molecular complexity index is 334. The van der Waals surface area contributed by atoms with Gasteiger partial charge in [0.1, 0.15) is 5.15 Å². The minimum atomic E-state index is 0.202. The molecule has 90 valence electrons. The van der Waals surface area contributed by atoms with Crippen LogP contribution in [0.25, 0.3) is 0 Å². The highest BCUT2D eigenvalue weighted by molar-refractivity contribution is 6.32. The molecule has 0 amide bonds. The van der Waals surface area contributed by atoms with Crippen molar-refractivity contribution in [3.63, 3.8) is 0 Å². The number of hydrogen-bond acceptors (Lipinski definition) is 3. The third-order valence-corrected chi connectivity index (χ3v) is 2.89. The fourth-order valence-electron chi connectivity index (χ4n) is 1.42. The lowest BCUT2D eigenvalue weighted by Crippen LogP contribution is -2.25. The molecule has 5 heteroatoms. The maximum Gasteiger partial charge on any atom is 0.129 e. The average Bonchev–Trinajstić information content (AvgIpc) is 2.28. The van der Waals surface area contributed by atoms with Crippen molar-refractivity contribution >= 4 is 23.2 Å². The SMILES string of the molecule is CCN(CCCO)Cc1nc(Cl)ccc1Cl. The van der Waals surface area contributed by atoms with E-state index in [1.54, 1.807) is 12.1 Å². The molecule has 0 aliphatic rings. The first-order valence-electron chi connectivity index (χ1n) is 5.31. The third-order valence-electron chi connectivity index (χ3n) is 2.34. The summed E-state index contributed by atoms with van der Waals surface area (Å²) in [6.45, 7) is 4.65.